The lowest BCUT2D eigenvalue weighted by atomic mass is 9.85. The van der Waals surface area contributed by atoms with Gasteiger partial charge in [-0.15, -0.1) is 24.8 Å². The minimum absolute atomic E-state index is 0. The highest BCUT2D eigenvalue weighted by molar-refractivity contribution is 5.89. The number of nitrogens with one attached hydrogen (secondary N) is 1. The molecule has 1 N–H and O–H groups in total. The Labute approximate surface area is 164 Å². The third-order valence-corrected chi connectivity index (χ3v) is 5.67. The van der Waals surface area contributed by atoms with Crippen LogP contribution >= 0.6 is 24.8 Å². The van der Waals surface area contributed by atoms with E-state index in [1.54, 1.807) is 5.56 Å². The van der Waals surface area contributed by atoms with E-state index in [2.05, 4.69) is 46.6 Å². The van der Waals surface area contributed by atoms with Crippen molar-refractivity contribution in [2.24, 2.45) is 0 Å². The highest BCUT2D eigenvalue weighted by Gasteiger charge is 2.19. The molecule has 0 saturated carbocycles. The van der Waals surface area contributed by atoms with Crippen molar-refractivity contribution in [1.82, 2.24) is 10.2 Å². The fourth-order valence-corrected chi connectivity index (χ4v) is 4.37. The molecule has 0 unspecified atom stereocenters. The number of likely N-dealkylation sites (tertiary alicyclic amines) is 1. The summed E-state index contributed by atoms with van der Waals surface area (Å²) in [5, 5.41) is 6.47. The van der Waals surface area contributed by atoms with Crippen LogP contribution in [0.5, 0.6) is 0 Å². The molecule has 0 radical (unpaired) electrons. The van der Waals surface area contributed by atoms with Crippen LogP contribution in [0.15, 0.2) is 36.4 Å². The largest absolute Gasteiger partial charge is 0.317 e. The molecule has 2 fully saturated rings. The Morgan fingerprint density at radius 2 is 1.52 bits per heavy atom. The Bertz CT molecular complexity index is 662. The lowest BCUT2D eigenvalue weighted by molar-refractivity contribution is 0.221. The molecule has 4 rings (SSSR count). The molecule has 2 aromatic rings. The average Bonchev–Trinajstić information content (AvgIpc) is 2.64. The molecule has 2 aromatic carbocycles. The molecule has 4 heteroatoms. The van der Waals surface area contributed by atoms with Gasteiger partial charge < -0.3 is 5.32 Å². The molecule has 2 heterocycles. The number of fused-ring (bicyclic) bond motifs is 1. The fraction of sp³-hybridized carbons (Fsp3) is 0.524. The molecule has 0 amide bonds. The van der Waals surface area contributed by atoms with Gasteiger partial charge in [-0.3, -0.25) is 4.90 Å². The maximum absolute atomic E-state index is 3.49. The minimum Gasteiger partial charge on any atom is -0.317 e. The molecular weight excluding hydrogens is 351 g/mol. The van der Waals surface area contributed by atoms with E-state index in [4.69, 9.17) is 0 Å². The quantitative estimate of drug-likeness (QED) is 0.792. The smallest absolute Gasteiger partial charge is 0.0239 e. The summed E-state index contributed by atoms with van der Waals surface area (Å²) in [4.78, 5) is 2.63. The fourth-order valence-electron chi connectivity index (χ4n) is 4.37. The molecule has 2 saturated heterocycles. The third kappa shape index (κ3) is 4.68. The van der Waals surface area contributed by atoms with Crippen LogP contribution in [0.4, 0.5) is 0 Å². The second-order valence-corrected chi connectivity index (χ2v) is 7.22. The van der Waals surface area contributed by atoms with Gasteiger partial charge >= 0.3 is 0 Å². The zero-order valence-electron chi connectivity index (χ0n) is 14.9. The van der Waals surface area contributed by atoms with Gasteiger partial charge in [-0.1, -0.05) is 42.8 Å². The SMILES string of the molecule is Cl.Cl.c1ccc2c(C3CCNCC3)ccc(CN3CCCCC3)c2c1. The molecule has 0 spiro atoms. The zero-order chi connectivity index (χ0) is 15.5. The number of halogens is 2. The number of hydrogen-bond donors (Lipinski definition) is 1. The van der Waals surface area contributed by atoms with Crippen molar-refractivity contribution in [2.75, 3.05) is 26.2 Å². The molecule has 25 heavy (non-hydrogen) atoms. The van der Waals surface area contributed by atoms with E-state index in [9.17, 15) is 0 Å². The monoisotopic (exact) mass is 380 g/mol. The Balaban J connectivity index is 0.00000113. The van der Waals surface area contributed by atoms with Crippen molar-refractivity contribution < 1.29 is 0 Å². The van der Waals surface area contributed by atoms with Crippen molar-refractivity contribution in [1.29, 1.82) is 0 Å². The molecular formula is C21H30Cl2N2. The van der Waals surface area contributed by atoms with Crippen LogP contribution < -0.4 is 5.32 Å². The summed E-state index contributed by atoms with van der Waals surface area (Å²) in [5.74, 6) is 0.727. The van der Waals surface area contributed by atoms with Crippen molar-refractivity contribution in [3.63, 3.8) is 0 Å². The van der Waals surface area contributed by atoms with Gasteiger partial charge in [0.1, 0.15) is 0 Å². The van der Waals surface area contributed by atoms with Crippen molar-refractivity contribution in [3.8, 4) is 0 Å². The second kappa shape index (κ2) is 9.78. The van der Waals surface area contributed by atoms with E-state index in [-0.39, 0.29) is 24.8 Å². The molecule has 138 valence electrons. The summed E-state index contributed by atoms with van der Waals surface area (Å²) in [6.07, 6.45) is 6.69. The van der Waals surface area contributed by atoms with Gasteiger partial charge in [-0.2, -0.15) is 0 Å². The summed E-state index contributed by atoms with van der Waals surface area (Å²) >= 11 is 0. The topological polar surface area (TPSA) is 15.3 Å². The number of piperidine rings is 2. The first-order chi connectivity index (χ1) is 11.4. The van der Waals surface area contributed by atoms with Crippen molar-refractivity contribution in [3.05, 3.63) is 47.5 Å². The highest BCUT2D eigenvalue weighted by Crippen LogP contribution is 2.33. The van der Waals surface area contributed by atoms with Gasteiger partial charge in [0.05, 0.1) is 0 Å². The first kappa shape index (κ1) is 20.5. The van der Waals surface area contributed by atoms with Gasteiger partial charge in [-0.25, -0.2) is 0 Å². The first-order valence-electron chi connectivity index (χ1n) is 9.35. The van der Waals surface area contributed by atoms with Crippen LogP contribution in [0.3, 0.4) is 0 Å². The van der Waals surface area contributed by atoms with Crippen molar-refractivity contribution in [2.45, 2.75) is 44.6 Å². The Hall–Kier alpha value is -0.800. The van der Waals surface area contributed by atoms with E-state index >= 15 is 0 Å². The molecule has 2 aliphatic heterocycles. The van der Waals surface area contributed by atoms with Gasteiger partial charge in [-0.05, 0) is 79.7 Å². The molecule has 0 aliphatic carbocycles. The van der Waals surface area contributed by atoms with Crippen LogP contribution in [0.2, 0.25) is 0 Å². The minimum atomic E-state index is 0. The van der Waals surface area contributed by atoms with Crippen LogP contribution in [0.25, 0.3) is 10.8 Å². The number of nitrogens with zero attached hydrogens (tertiary/aromatic N) is 1. The van der Waals surface area contributed by atoms with E-state index in [0.717, 1.165) is 25.6 Å². The third-order valence-electron chi connectivity index (χ3n) is 5.67. The standard InChI is InChI=1S/C21H28N2.2ClH/c1-4-14-23(15-5-1)16-18-8-9-20(17-10-12-22-13-11-17)21-7-3-2-6-19(18)21;;/h2-3,6-9,17,22H,1,4-5,10-16H2;2*1H. The predicted molar refractivity (Wildman–Crippen MR) is 112 cm³/mol. The van der Waals surface area contributed by atoms with Crippen LogP contribution in [0, 0.1) is 0 Å². The lowest BCUT2D eigenvalue weighted by Gasteiger charge is -2.28. The maximum Gasteiger partial charge on any atom is 0.0239 e. The van der Waals surface area contributed by atoms with E-state index < -0.39 is 0 Å². The summed E-state index contributed by atoms with van der Waals surface area (Å²) in [6, 6.07) is 13.9. The highest BCUT2D eigenvalue weighted by atomic mass is 35.5. The molecule has 2 nitrogen and oxygen atoms in total. The van der Waals surface area contributed by atoms with E-state index in [1.165, 1.54) is 61.5 Å². The summed E-state index contributed by atoms with van der Waals surface area (Å²) in [5.41, 5.74) is 3.09. The number of rotatable bonds is 3. The normalized spacial score (nSPS) is 19.2. The Morgan fingerprint density at radius 1 is 0.840 bits per heavy atom. The van der Waals surface area contributed by atoms with Crippen LogP contribution in [-0.2, 0) is 6.54 Å². The number of benzene rings is 2. The molecule has 2 aliphatic rings. The van der Waals surface area contributed by atoms with Crippen LogP contribution in [-0.4, -0.2) is 31.1 Å². The zero-order valence-corrected chi connectivity index (χ0v) is 16.5. The molecule has 0 bridgehead atoms. The summed E-state index contributed by atoms with van der Waals surface area (Å²) in [6.45, 7) is 5.98. The summed E-state index contributed by atoms with van der Waals surface area (Å²) < 4.78 is 0. The van der Waals surface area contributed by atoms with E-state index in [1.807, 2.05) is 0 Å². The van der Waals surface area contributed by atoms with Gasteiger partial charge in [0.15, 0.2) is 0 Å². The Morgan fingerprint density at radius 3 is 2.24 bits per heavy atom. The predicted octanol–water partition coefficient (Wildman–Crippen LogP) is 5.14. The van der Waals surface area contributed by atoms with Gasteiger partial charge in [0.2, 0.25) is 0 Å². The lowest BCUT2D eigenvalue weighted by Crippen LogP contribution is -2.29. The first-order valence-corrected chi connectivity index (χ1v) is 9.35. The number of hydrogen-bond acceptors (Lipinski definition) is 2. The van der Waals surface area contributed by atoms with Gasteiger partial charge in [0, 0.05) is 6.54 Å². The van der Waals surface area contributed by atoms with Crippen LogP contribution in [0.1, 0.15) is 49.1 Å². The average molecular weight is 381 g/mol. The Kier molecular flexibility index (Phi) is 8.02. The van der Waals surface area contributed by atoms with Crippen molar-refractivity contribution >= 4 is 35.6 Å². The maximum atomic E-state index is 3.49. The van der Waals surface area contributed by atoms with E-state index in [0.29, 0.717) is 0 Å². The molecule has 0 atom stereocenters. The molecule has 0 aromatic heterocycles. The van der Waals surface area contributed by atoms with Gasteiger partial charge in [0.25, 0.3) is 0 Å². The second-order valence-electron chi connectivity index (χ2n) is 7.22. The summed E-state index contributed by atoms with van der Waals surface area (Å²) in [7, 11) is 0.